The molecule has 3 aromatic rings. The van der Waals surface area contributed by atoms with E-state index in [0.717, 1.165) is 28.1 Å². The van der Waals surface area contributed by atoms with Gasteiger partial charge in [-0.2, -0.15) is 0 Å². The maximum Gasteiger partial charge on any atom is 0.152 e. The van der Waals surface area contributed by atoms with E-state index in [9.17, 15) is 4.79 Å². The first-order valence-electron chi connectivity index (χ1n) is 6.38. The Kier molecular flexibility index (Phi) is 3.36. The molecule has 0 fully saturated rings. The molecule has 0 N–H and O–H groups in total. The second-order valence-electron chi connectivity index (χ2n) is 4.83. The largest absolute Gasteiger partial charge is 0.342 e. The van der Waals surface area contributed by atoms with E-state index in [-0.39, 0.29) is 0 Å². The summed E-state index contributed by atoms with van der Waals surface area (Å²) in [6.45, 7) is 4.18. The van der Waals surface area contributed by atoms with E-state index in [1.54, 1.807) is 22.7 Å². The van der Waals surface area contributed by atoms with Crippen molar-refractivity contribution in [3.05, 3.63) is 45.6 Å². The van der Waals surface area contributed by atoms with E-state index in [1.807, 2.05) is 13.1 Å². The summed E-state index contributed by atoms with van der Waals surface area (Å²) in [6, 6.07) is 10.4. The number of carbonyl (C=O) groups excluding carboxylic acids is 1. The average molecular weight is 301 g/mol. The van der Waals surface area contributed by atoms with Gasteiger partial charge in [0.2, 0.25) is 0 Å². The predicted octanol–water partition coefficient (Wildman–Crippen LogP) is 4.91. The number of carbonyl (C=O) groups is 1. The summed E-state index contributed by atoms with van der Waals surface area (Å²) in [7, 11) is 2.03. The lowest BCUT2D eigenvalue weighted by Crippen LogP contribution is -1.93. The normalized spacial score (nSPS) is 10.9. The number of aryl methyl sites for hydroxylation is 2. The van der Waals surface area contributed by atoms with E-state index in [4.69, 9.17) is 0 Å². The third-order valence-corrected chi connectivity index (χ3v) is 5.39. The van der Waals surface area contributed by atoms with Crippen molar-refractivity contribution in [1.82, 2.24) is 4.57 Å². The second kappa shape index (κ2) is 5.04. The zero-order valence-corrected chi connectivity index (χ0v) is 13.3. The molecule has 0 aliphatic heterocycles. The first-order chi connectivity index (χ1) is 9.60. The number of thiophene rings is 2. The minimum Gasteiger partial charge on any atom is -0.342 e. The van der Waals surface area contributed by atoms with Crippen molar-refractivity contribution in [2.24, 2.45) is 7.05 Å². The van der Waals surface area contributed by atoms with E-state index in [2.05, 4.69) is 42.7 Å². The van der Waals surface area contributed by atoms with Crippen LogP contribution >= 0.6 is 22.7 Å². The molecule has 0 aliphatic carbocycles. The highest BCUT2D eigenvalue weighted by Crippen LogP contribution is 2.36. The fourth-order valence-electron chi connectivity index (χ4n) is 2.39. The molecular formula is C16H15NOS2. The predicted molar refractivity (Wildman–Crippen MR) is 86.9 cm³/mol. The van der Waals surface area contributed by atoms with Gasteiger partial charge in [0.1, 0.15) is 0 Å². The number of rotatable bonds is 3. The van der Waals surface area contributed by atoms with Gasteiger partial charge in [0.05, 0.1) is 21.1 Å². The molecule has 0 atom stereocenters. The monoisotopic (exact) mass is 301 g/mol. The molecule has 3 aromatic heterocycles. The lowest BCUT2D eigenvalue weighted by molar-refractivity contribution is 0.112. The van der Waals surface area contributed by atoms with Gasteiger partial charge >= 0.3 is 0 Å². The summed E-state index contributed by atoms with van der Waals surface area (Å²) in [5, 5.41) is 0. The first kappa shape index (κ1) is 13.3. The van der Waals surface area contributed by atoms with Crippen LogP contribution in [0.2, 0.25) is 0 Å². The highest BCUT2D eigenvalue weighted by atomic mass is 32.1. The van der Waals surface area contributed by atoms with Crippen LogP contribution in [0.1, 0.15) is 20.1 Å². The number of nitrogens with zero attached hydrogens (tertiary/aromatic N) is 1. The van der Waals surface area contributed by atoms with Crippen molar-refractivity contribution in [2.45, 2.75) is 13.8 Å². The van der Waals surface area contributed by atoms with Crippen molar-refractivity contribution in [2.75, 3.05) is 0 Å². The standard InChI is InChI=1S/C16H15NOS2/c1-10-4-6-14(19-10)13-8-12(9-18)16(17(13)3)15-7-5-11(2)20-15/h4-9H,1-3H3. The SMILES string of the molecule is Cc1ccc(-c2cc(C=O)c(-c3ccc(C)s3)n2C)s1. The van der Waals surface area contributed by atoms with Gasteiger partial charge in [-0.25, -0.2) is 0 Å². The van der Waals surface area contributed by atoms with Crippen LogP contribution in [-0.4, -0.2) is 10.9 Å². The maximum atomic E-state index is 11.4. The fraction of sp³-hybridized carbons (Fsp3) is 0.188. The zero-order valence-electron chi connectivity index (χ0n) is 11.6. The molecule has 0 saturated heterocycles. The molecule has 3 rings (SSSR count). The summed E-state index contributed by atoms with van der Waals surface area (Å²) >= 11 is 3.48. The summed E-state index contributed by atoms with van der Waals surface area (Å²) in [6.07, 6.45) is 0.953. The quantitative estimate of drug-likeness (QED) is 0.630. The van der Waals surface area contributed by atoms with Gasteiger partial charge in [0.25, 0.3) is 0 Å². The van der Waals surface area contributed by atoms with Crippen molar-refractivity contribution < 1.29 is 4.79 Å². The number of hydrogen-bond acceptors (Lipinski definition) is 3. The van der Waals surface area contributed by atoms with Crippen LogP contribution in [0.4, 0.5) is 0 Å². The molecule has 0 amide bonds. The van der Waals surface area contributed by atoms with Crippen molar-refractivity contribution >= 4 is 29.0 Å². The van der Waals surface area contributed by atoms with Gasteiger partial charge in [-0.15, -0.1) is 22.7 Å². The number of aromatic nitrogens is 1. The lowest BCUT2D eigenvalue weighted by atomic mass is 10.2. The van der Waals surface area contributed by atoms with E-state index >= 15 is 0 Å². The Morgan fingerprint density at radius 1 is 1.00 bits per heavy atom. The van der Waals surface area contributed by atoms with Gasteiger partial charge in [0, 0.05) is 22.4 Å². The van der Waals surface area contributed by atoms with Gasteiger partial charge in [-0.1, -0.05) is 0 Å². The van der Waals surface area contributed by atoms with Gasteiger partial charge in [-0.05, 0) is 44.2 Å². The Bertz CT molecular complexity index is 776. The molecule has 0 spiro atoms. The van der Waals surface area contributed by atoms with Crippen LogP contribution in [-0.2, 0) is 7.05 Å². The third kappa shape index (κ3) is 2.15. The fourth-order valence-corrected chi connectivity index (χ4v) is 4.28. The Morgan fingerprint density at radius 2 is 1.60 bits per heavy atom. The molecule has 20 heavy (non-hydrogen) atoms. The van der Waals surface area contributed by atoms with Crippen LogP contribution in [0.25, 0.3) is 21.1 Å². The molecule has 0 aliphatic rings. The summed E-state index contributed by atoms with van der Waals surface area (Å²) < 4.78 is 2.13. The highest BCUT2D eigenvalue weighted by Gasteiger charge is 2.17. The second-order valence-corrected chi connectivity index (χ2v) is 7.41. The Balaban J connectivity index is 2.20. The van der Waals surface area contributed by atoms with Crippen molar-refractivity contribution in [3.8, 4) is 21.1 Å². The molecule has 4 heteroatoms. The maximum absolute atomic E-state index is 11.4. The average Bonchev–Trinajstić information content (AvgIpc) is 3.09. The summed E-state index contributed by atoms with van der Waals surface area (Å²) in [5.41, 5.74) is 2.88. The van der Waals surface area contributed by atoms with Crippen molar-refractivity contribution in [3.63, 3.8) is 0 Å². The van der Waals surface area contributed by atoms with E-state index in [0.29, 0.717) is 0 Å². The Morgan fingerprint density at radius 3 is 2.10 bits per heavy atom. The molecule has 2 nitrogen and oxygen atoms in total. The van der Waals surface area contributed by atoms with Crippen LogP contribution in [0, 0.1) is 13.8 Å². The van der Waals surface area contributed by atoms with Crippen LogP contribution in [0.15, 0.2) is 30.3 Å². The minimum atomic E-state index is 0.760. The summed E-state index contributed by atoms with van der Waals surface area (Å²) in [5.74, 6) is 0. The molecule has 0 aromatic carbocycles. The first-order valence-corrected chi connectivity index (χ1v) is 8.02. The zero-order chi connectivity index (χ0) is 14.3. The van der Waals surface area contributed by atoms with Crippen LogP contribution in [0.5, 0.6) is 0 Å². The van der Waals surface area contributed by atoms with Crippen LogP contribution < -0.4 is 0 Å². The highest BCUT2D eigenvalue weighted by molar-refractivity contribution is 7.15. The molecule has 0 radical (unpaired) electrons. The topological polar surface area (TPSA) is 22.0 Å². The molecule has 0 bridgehead atoms. The smallest absolute Gasteiger partial charge is 0.152 e. The van der Waals surface area contributed by atoms with E-state index in [1.165, 1.54) is 14.6 Å². The van der Waals surface area contributed by atoms with Gasteiger partial charge in [-0.3, -0.25) is 4.79 Å². The Labute approximate surface area is 126 Å². The molecule has 102 valence electrons. The van der Waals surface area contributed by atoms with Gasteiger partial charge < -0.3 is 4.57 Å². The Hall–Kier alpha value is -1.65. The van der Waals surface area contributed by atoms with Gasteiger partial charge in [0.15, 0.2) is 6.29 Å². The lowest BCUT2D eigenvalue weighted by Gasteiger charge is -2.05. The molecule has 0 saturated carbocycles. The number of hydrogen-bond donors (Lipinski definition) is 0. The van der Waals surface area contributed by atoms with Crippen LogP contribution in [0.3, 0.4) is 0 Å². The number of aldehydes is 1. The summed E-state index contributed by atoms with van der Waals surface area (Å²) in [4.78, 5) is 16.3. The van der Waals surface area contributed by atoms with E-state index < -0.39 is 0 Å². The molecule has 3 heterocycles. The molecule has 0 unspecified atom stereocenters. The molecular weight excluding hydrogens is 286 g/mol. The third-order valence-electron chi connectivity index (χ3n) is 3.36. The minimum absolute atomic E-state index is 0.760. The van der Waals surface area contributed by atoms with Crippen molar-refractivity contribution in [1.29, 1.82) is 0 Å².